The summed E-state index contributed by atoms with van der Waals surface area (Å²) in [6, 6.07) is 0. The minimum atomic E-state index is -0.0423. The van der Waals surface area contributed by atoms with Gasteiger partial charge >= 0.3 is 0 Å². The summed E-state index contributed by atoms with van der Waals surface area (Å²) >= 11 is 0. The smallest absolute Gasteiger partial charge is 0.0596 e. The minimum Gasteiger partial charge on any atom is -0.393 e. The third kappa shape index (κ3) is 1.79. The molecule has 3 fully saturated rings. The highest BCUT2D eigenvalue weighted by molar-refractivity contribution is 5.33. The molecule has 1 unspecified atom stereocenters. The van der Waals surface area contributed by atoms with Gasteiger partial charge in [0.15, 0.2) is 0 Å². The molecule has 116 valence electrons. The number of hydrogen-bond acceptors (Lipinski definition) is 1. The lowest BCUT2D eigenvalue weighted by Gasteiger charge is -2.58. The van der Waals surface area contributed by atoms with Gasteiger partial charge in [0.05, 0.1) is 6.10 Å². The topological polar surface area (TPSA) is 20.2 Å². The third-order valence-electron chi connectivity index (χ3n) is 8.03. The lowest BCUT2D eigenvalue weighted by atomic mass is 9.47. The molecule has 4 aliphatic rings. The number of fused-ring (bicyclic) bond motifs is 5. The number of hydrogen-bond donors (Lipinski definition) is 1. The number of rotatable bonds is 0. The largest absolute Gasteiger partial charge is 0.393 e. The summed E-state index contributed by atoms with van der Waals surface area (Å²) in [5, 5.41) is 10.5. The molecule has 0 aliphatic heterocycles. The number of allylic oxidation sites excluding steroid dienone is 3. The average molecular weight is 286 g/mol. The van der Waals surface area contributed by atoms with Crippen molar-refractivity contribution in [3.05, 3.63) is 23.8 Å². The van der Waals surface area contributed by atoms with Crippen LogP contribution in [0.4, 0.5) is 0 Å². The Balaban J connectivity index is 1.69. The summed E-state index contributed by atoms with van der Waals surface area (Å²) in [5.41, 5.74) is 3.69. The van der Waals surface area contributed by atoms with Crippen LogP contribution in [0, 0.1) is 28.6 Å². The van der Waals surface area contributed by atoms with Gasteiger partial charge in [0.25, 0.3) is 0 Å². The second-order valence-corrected chi connectivity index (χ2v) is 8.80. The highest BCUT2D eigenvalue weighted by Gasteiger charge is 2.58. The van der Waals surface area contributed by atoms with Crippen LogP contribution in [0.15, 0.2) is 23.8 Å². The first kappa shape index (κ1) is 14.1. The molecule has 0 radical (unpaired) electrons. The molecular weight excluding hydrogens is 256 g/mol. The first-order valence-electron chi connectivity index (χ1n) is 9.02. The quantitative estimate of drug-likeness (QED) is 0.674. The van der Waals surface area contributed by atoms with E-state index in [9.17, 15) is 5.11 Å². The fourth-order valence-electron chi connectivity index (χ4n) is 6.62. The zero-order valence-electron chi connectivity index (χ0n) is 13.7. The Morgan fingerprint density at radius 2 is 1.86 bits per heavy atom. The van der Waals surface area contributed by atoms with Gasteiger partial charge in [0.2, 0.25) is 0 Å². The van der Waals surface area contributed by atoms with E-state index in [0.29, 0.717) is 5.41 Å². The summed E-state index contributed by atoms with van der Waals surface area (Å²) in [6.45, 7) is 9.12. The maximum Gasteiger partial charge on any atom is 0.0596 e. The molecule has 3 saturated carbocycles. The second kappa shape index (κ2) is 4.47. The molecule has 21 heavy (non-hydrogen) atoms. The fourth-order valence-corrected chi connectivity index (χ4v) is 6.62. The Hall–Kier alpha value is -0.560. The van der Waals surface area contributed by atoms with E-state index in [2.05, 4.69) is 26.5 Å². The van der Waals surface area contributed by atoms with Crippen molar-refractivity contribution in [2.24, 2.45) is 28.6 Å². The van der Waals surface area contributed by atoms with Crippen molar-refractivity contribution in [3.63, 3.8) is 0 Å². The van der Waals surface area contributed by atoms with Gasteiger partial charge in [-0.2, -0.15) is 0 Å². The minimum absolute atomic E-state index is 0.0423. The van der Waals surface area contributed by atoms with E-state index in [4.69, 9.17) is 0 Å². The van der Waals surface area contributed by atoms with Crippen LogP contribution >= 0.6 is 0 Å². The molecule has 4 aliphatic carbocycles. The SMILES string of the molecule is C=C1C=C2CC[C@@H]3[C@@H](CC[C@]4(C)C(O)CC[C@@H]34)[C@@]2(C)CC1. The van der Waals surface area contributed by atoms with Gasteiger partial charge in [-0.05, 0) is 80.0 Å². The monoisotopic (exact) mass is 286 g/mol. The van der Waals surface area contributed by atoms with E-state index in [0.717, 1.165) is 24.2 Å². The molecule has 0 aromatic heterocycles. The summed E-state index contributed by atoms with van der Waals surface area (Å²) in [5.74, 6) is 2.48. The predicted octanol–water partition coefficient (Wildman–Crippen LogP) is 4.87. The standard InChI is InChI=1S/C20H30O/c1-13-8-10-19(2)14(12-13)4-5-15-16-6-7-18(21)20(16,3)11-9-17(15)19/h12,15-18,21H,1,4-11H2,2-3H3/t15-,16-,17+,18?,19-,20-/m0/s1. The molecule has 0 aromatic carbocycles. The van der Waals surface area contributed by atoms with Crippen molar-refractivity contribution < 1.29 is 5.11 Å². The van der Waals surface area contributed by atoms with Gasteiger partial charge in [-0.25, -0.2) is 0 Å². The summed E-state index contributed by atoms with van der Waals surface area (Å²) in [4.78, 5) is 0. The van der Waals surface area contributed by atoms with E-state index < -0.39 is 0 Å². The van der Waals surface area contributed by atoms with E-state index >= 15 is 0 Å². The van der Waals surface area contributed by atoms with Crippen LogP contribution in [0.25, 0.3) is 0 Å². The molecule has 1 heteroatoms. The number of aliphatic hydroxyl groups excluding tert-OH is 1. The molecule has 0 bridgehead atoms. The van der Waals surface area contributed by atoms with Gasteiger partial charge in [0, 0.05) is 0 Å². The predicted molar refractivity (Wildman–Crippen MR) is 86.8 cm³/mol. The van der Waals surface area contributed by atoms with Crippen molar-refractivity contribution in [1.29, 1.82) is 0 Å². The Morgan fingerprint density at radius 3 is 2.67 bits per heavy atom. The first-order chi connectivity index (χ1) is 9.95. The molecule has 6 atom stereocenters. The Labute approximate surface area is 129 Å². The van der Waals surface area contributed by atoms with Crippen molar-refractivity contribution in [3.8, 4) is 0 Å². The van der Waals surface area contributed by atoms with Crippen LogP contribution < -0.4 is 0 Å². The highest BCUT2D eigenvalue weighted by atomic mass is 16.3. The van der Waals surface area contributed by atoms with E-state index in [1.807, 2.05) is 0 Å². The van der Waals surface area contributed by atoms with Crippen LogP contribution in [0.3, 0.4) is 0 Å². The van der Waals surface area contributed by atoms with E-state index in [-0.39, 0.29) is 11.5 Å². The van der Waals surface area contributed by atoms with E-state index in [1.54, 1.807) is 5.57 Å². The molecule has 0 spiro atoms. The normalized spacial score (nSPS) is 52.7. The van der Waals surface area contributed by atoms with Crippen molar-refractivity contribution in [1.82, 2.24) is 0 Å². The zero-order chi connectivity index (χ0) is 14.8. The van der Waals surface area contributed by atoms with Crippen molar-refractivity contribution in [2.75, 3.05) is 0 Å². The van der Waals surface area contributed by atoms with Crippen LogP contribution in [0.2, 0.25) is 0 Å². The average Bonchev–Trinajstić information content (AvgIpc) is 2.76. The van der Waals surface area contributed by atoms with Crippen LogP contribution in [0.5, 0.6) is 0 Å². The maximum absolute atomic E-state index is 10.5. The Morgan fingerprint density at radius 1 is 1.05 bits per heavy atom. The maximum atomic E-state index is 10.5. The van der Waals surface area contributed by atoms with Gasteiger partial charge in [-0.1, -0.05) is 37.6 Å². The number of aliphatic hydroxyl groups is 1. The fraction of sp³-hybridized carbons (Fsp3) is 0.800. The van der Waals surface area contributed by atoms with Crippen LogP contribution in [-0.2, 0) is 0 Å². The highest BCUT2D eigenvalue weighted by Crippen LogP contribution is 2.65. The van der Waals surface area contributed by atoms with Gasteiger partial charge in [0.1, 0.15) is 0 Å². The van der Waals surface area contributed by atoms with Gasteiger partial charge in [-0.3, -0.25) is 0 Å². The Bertz CT molecular complexity index is 504. The van der Waals surface area contributed by atoms with Crippen LogP contribution in [-0.4, -0.2) is 11.2 Å². The van der Waals surface area contributed by atoms with Crippen molar-refractivity contribution in [2.45, 2.75) is 71.3 Å². The third-order valence-corrected chi connectivity index (χ3v) is 8.03. The molecule has 1 nitrogen and oxygen atoms in total. The Kier molecular flexibility index (Phi) is 2.99. The molecule has 0 heterocycles. The van der Waals surface area contributed by atoms with Gasteiger partial charge in [-0.15, -0.1) is 0 Å². The molecule has 0 aromatic rings. The summed E-state index contributed by atoms with van der Waals surface area (Å²) in [6.07, 6.45) is 12.4. The van der Waals surface area contributed by atoms with Gasteiger partial charge < -0.3 is 5.11 Å². The zero-order valence-corrected chi connectivity index (χ0v) is 13.7. The van der Waals surface area contributed by atoms with Crippen LogP contribution in [0.1, 0.15) is 65.2 Å². The summed E-state index contributed by atoms with van der Waals surface area (Å²) in [7, 11) is 0. The molecule has 4 rings (SSSR count). The lowest BCUT2D eigenvalue weighted by Crippen LogP contribution is -2.50. The first-order valence-corrected chi connectivity index (χ1v) is 9.02. The van der Waals surface area contributed by atoms with E-state index in [1.165, 1.54) is 50.5 Å². The molecule has 0 saturated heterocycles. The lowest BCUT2D eigenvalue weighted by molar-refractivity contribution is -0.0727. The second-order valence-electron chi connectivity index (χ2n) is 8.80. The molecule has 0 amide bonds. The molecule has 1 N–H and O–H groups in total. The molecular formula is C20H30O. The summed E-state index contributed by atoms with van der Waals surface area (Å²) < 4.78 is 0. The van der Waals surface area contributed by atoms with Crippen molar-refractivity contribution >= 4 is 0 Å².